The van der Waals surface area contributed by atoms with Crippen molar-refractivity contribution in [2.45, 2.75) is 6.42 Å². The molecule has 0 aliphatic heterocycles. The van der Waals surface area contributed by atoms with Crippen LogP contribution in [0, 0.1) is 5.41 Å². The molecule has 7 heteroatoms. The number of hydrogen-bond acceptors (Lipinski definition) is 5. The van der Waals surface area contributed by atoms with Crippen LogP contribution in [0.5, 0.6) is 0 Å². The number of carbonyl (C=O) groups is 2. The number of aromatic carboxylic acids is 1. The Kier molecular flexibility index (Phi) is 6.93. The van der Waals surface area contributed by atoms with Gasteiger partial charge in [0.05, 0.1) is 23.4 Å². The van der Waals surface area contributed by atoms with Crippen molar-refractivity contribution in [3.63, 3.8) is 0 Å². The molecule has 3 rings (SSSR count). The third-order valence-corrected chi connectivity index (χ3v) is 4.59. The largest absolute Gasteiger partial charge is 0.478 e. The second kappa shape index (κ2) is 10.00. The molecule has 0 radical (unpaired) electrons. The predicted octanol–water partition coefficient (Wildman–Crippen LogP) is 4.17. The summed E-state index contributed by atoms with van der Waals surface area (Å²) in [7, 11) is 0. The summed E-state index contributed by atoms with van der Waals surface area (Å²) in [5.41, 5.74) is 4.69. The van der Waals surface area contributed by atoms with Gasteiger partial charge in [-0.2, -0.15) is 0 Å². The van der Waals surface area contributed by atoms with Crippen LogP contribution in [-0.2, 0) is 4.79 Å². The minimum atomic E-state index is -1.03. The smallest absolute Gasteiger partial charge is 0.335 e. The monoisotopic (exact) mass is 415 g/mol. The summed E-state index contributed by atoms with van der Waals surface area (Å²) in [4.78, 5) is 23.2. The summed E-state index contributed by atoms with van der Waals surface area (Å²) in [5, 5.41) is 30.2. The van der Waals surface area contributed by atoms with E-state index in [0.717, 1.165) is 5.56 Å². The number of amides is 1. The number of hydroxylamine groups is 1. The van der Waals surface area contributed by atoms with Gasteiger partial charge in [0.15, 0.2) is 0 Å². The van der Waals surface area contributed by atoms with E-state index in [1.807, 2.05) is 36.4 Å². The number of benzene rings is 3. The highest BCUT2D eigenvalue weighted by molar-refractivity contribution is 6.17. The van der Waals surface area contributed by atoms with E-state index in [-0.39, 0.29) is 17.7 Å². The van der Waals surface area contributed by atoms with Gasteiger partial charge in [-0.3, -0.25) is 15.4 Å². The highest BCUT2D eigenvalue weighted by Gasteiger charge is 2.19. The third kappa shape index (κ3) is 5.43. The Morgan fingerprint density at radius 3 is 1.84 bits per heavy atom. The molecule has 0 heterocycles. The zero-order chi connectivity index (χ0) is 22.2. The van der Waals surface area contributed by atoms with Crippen molar-refractivity contribution in [1.29, 1.82) is 5.41 Å². The van der Waals surface area contributed by atoms with Crippen molar-refractivity contribution >= 4 is 29.0 Å². The van der Waals surface area contributed by atoms with E-state index in [9.17, 15) is 9.59 Å². The van der Waals surface area contributed by atoms with Gasteiger partial charge in [0.2, 0.25) is 5.91 Å². The van der Waals surface area contributed by atoms with Gasteiger partial charge in [-0.1, -0.05) is 60.7 Å². The molecule has 5 N–H and O–H groups in total. The number of rotatable bonds is 8. The molecule has 0 saturated carbocycles. The lowest BCUT2D eigenvalue weighted by Crippen LogP contribution is -2.23. The molecule has 0 atom stereocenters. The van der Waals surface area contributed by atoms with Gasteiger partial charge in [0.25, 0.3) is 0 Å². The molecule has 0 aromatic heterocycles. The van der Waals surface area contributed by atoms with E-state index in [1.54, 1.807) is 41.9 Å². The Morgan fingerprint density at radius 1 is 0.774 bits per heavy atom. The maximum Gasteiger partial charge on any atom is 0.335 e. The summed E-state index contributed by atoms with van der Waals surface area (Å²) in [5.74, 6) is -1.69. The molecule has 0 fully saturated rings. The van der Waals surface area contributed by atoms with Crippen molar-refractivity contribution < 1.29 is 19.9 Å². The number of carboxylic acids is 1. The minimum absolute atomic E-state index is 0.123. The molecular formula is C24H21N3O4. The SMILES string of the molecule is N=C(/C(CC(=O)NO)=C(\Nc1ccc(C(=O)O)cc1)c1ccccc1)c1ccccc1. The summed E-state index contributed by atoms with van der Waals surface area (Å²) < 4.78 is 0. The van der Waals surface area contributed by atoms with Crippen LogP contribution >= 0.6 is 0 Å². The van der Waals surface area contributed by atoms with Crippen LogP contribution in [0.15, 0.2) is 90.5 Å². The number of hydrogen-bond donors (Lipinski definition) is 5. The molecule has 156 valence electrons. The molecule has 7 nitrogen and oxygen atoms in total. The molecule has 0 aliphatic rings. The van der Waals surface area contributed by atoms with Gasteiger partial charge in [-0.05, 0) is 35.4 Å². The number of anilines is 1. The zero-order valence-corrected chi connectivity index (χ0v) is 16.5. The summed E-state index contributed by atoms with van der Waals surface area (Å²) in [6.45, 7) is 0. The lowest BCUT2D eigenvalue weighted by atomic mass is 9.94. The highest BCUT2D eigenvalue weighted by atomic mass is 16.5. The summed E-state index contributed by atoms with van der Waals surface area (Å²) in [6.07, 6.45) is -0.241. The Balaban J connectivity index is 2.14. The van der Waals surface area contributed by atoms with E-state index in [1.165, 1.54) is 12.1 Å². The standard InChI is InChI=1S/C24H21N3O4/c25-22(16-7-3-1-4-8-16)20(15-21(28)27-31)23(17-9-5-2-6-10-17)26-19-13-11-18(12-14-19)24(29)30/h1-14,25-26,31H,15H2,(H,27,28)(H,29,30)/b23-20-,25-22?. The molecule has 0 saturated heterocycles. The van der Waals surface area contributed by atoms with E-state index >= 15 is 0 Å². The topological polar surface area (TPSA) is 123 Å². The summed E-state index contributed by atoms with van der Waals surface area (Å²) >= 11 is 0. The van der Waals surface area contributed by atoms with Crippen LogP contribution in [0.2, 0.25) is 0 Å². The Hall–Kier alpha value is -4.23. The molecule has 0 unspecified atom stereocenters. The van der Waals surface area contributed by atoms with E-state index in [2.05, 4.69) is 5.32 Å². The molecule has 1 amide bonds. The molecule has 0 spiro atoms. The van der Waals surface area contributed by atoms with Crippen molar-refractivity contribution in [3.05, 3.63) is 107 Å². The Morgan fingerprint density at radius 2 is 1.32 bits per heavy atom. The van der Waals surface area contributed by atoms with Crippen molar-refractivity contribution in [2.24, 2.45) is 0 Å². The maximum atomic E-state index is 12.1. The molecule has 0 aliphatic carbocycles. The van der Waals surface area contributed by atoms with Crippen LogP contribution in [0.1, 0.15) is 27.9 Å². The van der Waals surface area contributed by atoms with Crippen LogP contribution < -0.4 is 10.8 Å². The van der Waals surface area contributed by atoms with Gasteiger partial charge in [-0.15, -0.1) is 0 Å². The zero-order valence-electron chi connectivity index (χ0n) is 16.5. The predicted molar refractivity (Wildman–Crippen MR) is 118 cm³/mol. The van der Waals surface area contributed by atoms with Gasteiger partial charge in [-0.25, -0.2) is 10.3 Å². The van der Waals surface area contributed by atoms with E-state index in [4.69, 9.17) is 15.7 Å². The van der Waals surface area contributed by atoms with Gasteiger partial charge in [0, 0.05) is 11.3 Å². The van der Waals surface area contributed by atoms with E-state index in [0.29, 0.717) is 22.5 Å². The fourth-order valence-corrected chi connectivity index (χ4v) is 3.05. The van der Waals surface area contributed by atoms with Crippen LogP contribution in [0.3, 0.4) is 0 Å². The Labute approximate surface area is 179 Å². The average molecular weight is 415 g/mol. The highest BCUT2D eigenvalue weighted by Crippen LogP contribution is 2.26. The lowest BCUT2D eigenvalue weighted by molar-refractivity contribution is -0.128. The quantitative estimate of drug-likeness (QED) is 0.215. The second-order valence-electron chi connectivity index (χ2n) is 6.68. The van der Waals surface area contributed by atoms with E-state index < -0.39 is 11.9 Å². The number of carboxylic acid groups (broad SMARTS) is 1. The second-order valence-corrected chi connectivity index (χ2v) is 6.68. The molecule has 0 bridgehead atoms. The molecule has 3 aromatic rings. The maximum absolute atomic E-state index is 12.1. The molecule has 31 heavy (non-hydrogen) atoms. The first kappa shape index (κ1) is 21.5. The fraction of sp³-hybridized carbons (Fsp3) is 0.0417. The third-order valence-electron chi connectivity index (χ3n) is 4.59. The molecular weight excluding hydrogens is 394 g/mol. The fourth-order valence-electron chi connectivity index (χ4n) is 3.05. The van der Waals surface area contributed by atoms with Gasteiger partial charge < -0.3 is 10.4 Å². The van der Waals surface area contributed by atoms with Crippen molar-refractivity contribution in [2.75, 3.05) is 5.32 Å². The Bertz CT molecular complexity index is 1110. The number of nitrogens with one attached hydrogen (secondary N) is 3. The first-order valence-corrected chi connectivity index (χ1v) is 9.46. The lowest BCUT2D eigenvalue weighted by Gasteiger charge is -2.19. The van der Waals surface area contributed by atoms with Crippen LogP contribution in [-0.4, -0.2) is 27.9 Å². The van der Waals surface area contributed by atoms with Crippen LogP contribution in [0.25, 0.3) is 5.70 Å². The van der Waals surface area contributed by atoms with Gasteiger partial charge in [0.1, 0.15) is 0 Å². The first-order chi connectivity index (χ1) is 15.0. The van der Waals surface area contributed by atoms with Crippen molar-refractivity contribution in [3.8, 4) is 0 Å². The first-order valence-electron chi connectivity index (χ1n) is 9.46. The van der Waals surface area contributed by atoms with Gasteiger partial charge >= 0.3 is 5.97 Å². The average Bonchev–Trinajstić information content (AvgIpc) is 2.82. The molecule has 3 aromatic carbocycles. The normalized spacial score (nSPS) is 11.3. The minimum Gasteiger partial charge on any atom is -0.478 e. The number of carbonyl (C=O) groups excluding carboxylic acids is 1. The summed E-state index contributed by atoms with van der Waals surface area (Å²) in [6, 6.07) is 24.3. The van der Waals surface area contributed by atoms with Crippen molar-refractivity contribution in [1.82, 2.24) is 5.48 Å². The van der Waals surface area contributed by atoms with Crippen LogP contribution in [0.4, 0.5) is 5.69 Å².